The highest BCUT2D eigenvalue weighted by atomic mass is 16.7. The van der Waals surface area contributed by atoms with Crippen molar-refractivity contribution in [3.05, 3.63) is 52.1 Å². The minimum Gasteiger partial charge on any atom is -0.493 e. The van der Waals surface area contributed by atoms with E-state index >= 15 is 0 Å². The van der Waals surface area contributed by atoms with Crippen molar-refractivity contribution in [1.29, 1.82) is 5.26 Å². The van der Waals surface area contributed by atoms with E-state index in [1.165, 1.54) is 0 Å². The largest absolute Gasteiger partial charge is 0.493 e. The van der Waals surface area contributed by atoms with Crippen LogP contribution in [-0.2, 0) is 17.6 Å². The van der Waals surface area contributed by atoms with Gasteiger partial charge >= 0.3 is 0 Å². The molecule has 0 spiro atoms. The molecule has 41 heavy (non-hydrogen) atoms. The number of methoxy groups -OCH3 is 2. The summed E-state index contributed by atoms with van der Waals surface area (Å²) in [5.41, 5.74) is 5.78. The number of piperazine rings is 1. The molecule has 4 heterocycles. The Labute approximate surface area is 240 Å². The molecule has 2 aromatic carbocycles. The van der Waals surface area contributed by atoms with Gasteiger partial charge in [-0.15, -0.1) is 0 Å². The summed E-state index contributed by atoms with van der Waals surface area (Å²) in [5.74, 6) is 3.30. The summed E-state index contributed by atoms with van der Waals surface area (Å²) in [6.07, 6.45) is 2.93. The lowest BCUT2D eigenvalue weighted by molar-refractivity contribution is -0.0832. The van der Waals surface area contributed by atoms with Crippen LogP contribution >= 0.6 is 0 Å². The van der Waals surface area contributed by atoms with Crippen molar-refractivity contribution in [2.24, 2.45) is 0 Å². The second kappa shape index (κ2) is 10.7. The molecule has 0 saturated carbocycles. The molecule has 4 aliphatic heterocycles. The van der Waals surface area contributed by atoms with Crippen LogP contribution in [0, 0.1) is 25.2 Å². The SMILES string of the molecule is C=CCOc1c(C)c2c(c3c1CC1[C@H]4c5c(cc(C)c(OC)c5OCOC)C[C@H]([C@H](C#N)N1[C@H]3CO)N4C)OCO2. The molecule has 5 atom stereocenters. The van der Waals surface area contributed by atoms with E-state index in [9.17, 15) is 10.4 Å². The van der Waals surface area contributed by atoms with Gasteiger partial charge in [0.2, 0.25) is 6.79 Å². The Kier molecular flexibility index (Phi) is 7.24. The molecule has 10 nitrogen and oxygen atoms in total. The van der Waals surface area contributed by atoms with Crippen LogP contribution in [0.2, 0.25) is 0 Å². The molecule has 10 heteroatoms. The molecule has 4 aliphatic rings. The lowest BCUT2D eigenvalue weighted by atomic mass is 9.71. The molecule has 0 amide bonds. The third-order valence-corrected chi connectivity index (χ3v) is 9.09. The topological polar surface area (TPSA) is 106 Å². The van der Waals surface area contributed by atoms with Crippen molar-refractivity contribution in [3.63, 3.8) is 0 Å². The number of nitriles is 1. The normalized spacial score (nSPS) is 25.9. The highest BCUT2D eigenvalue weighted by Gasteiger charge is 2.56. The average Bonchev–Trinajstić information content (AvgIpc) is 3.46. The predicted molar refractivity (Wildman–Crippen MR) is 150 cm³/mol. The van der Waals surface area contributed by atoms with Crippen LogP contribution in [0.15, 0.2) is 18.7 Å². The summed E-state index contributed by atoms with van der Waals surface area (Å²) in [4.78, 5) is 4.50. The van der Waals surface area contributed by atoms with E-state index in [2.05, 4.69) is 35.6 Å². The Balaban J connectivity index is 1.60. The van der Waals surface area contributed by atoms with Crippen LogP contribution in [0.5, 0.6) is 28.7 Å². The smallest absolute Gasteiger partial charge is 0.231 e. The van der Waals surface area contributed by atoms with Gasteiger partial charge in [-0.1, -0.05) is 18.7 Å². The molecule has 1 unspecified atom stereocenters. The van der Waals surface area contributed by atoms with Crippen LogP contribution in [-0.4, -0.2) is 81.1 Å². The summed E-state index contributed by atoms with van der Waals surface area (Å²) in [6.45, 7) is 8.11. The first-order chi connectivity index (χ1) is 19.9. The van der Waals surface area contributed by atoms with Gasteiger partial charge in [-0.25, -0.2) is 0 Å². The maximum Gasteiger partial charge on any atom is 0.231 e. The molecule has 0 aromatic heterocycles. The van der Waals surface area contributed by atoms with Gasteiger partial charge in [0.15, 0.2) is 29.8 Å². The standard InChI is InChI=1S/C31H37N3O7/c1-7-8-38-28-17(3)29-31(41-15-40-29)25-19(28)11-21-26-24-18(9-16(2)27(37-6)30(24)39-14-36-5)10-20(33(26)4)22(12-32)34(21)23(25)13-35/h7,9,20-23,26,35H,1,8,10-11,13-15H2,2-6H3/t20-,21?,22+,23+,26+/m1/s1. The van der Waals surface area contributed by atoms with Gasteiger partial charge in [-0.2, -0.15) is 5.26 Å². The molecule has 218 valence electrons. The van der Waals surface area contributed by atoms with Crippen molar-refractivity contribution < 1.29 is 33.5 Å². The molecular formula is C31H37N3O7. The van der Waals surface area contributed by atoms with Crippen LogP contribution in [0.4, 0.5) is 0 Å². The minimum atomic E-state index is -0.494. The van der Waals surface area contributed by atoms with Crippen LogP contribution < -0.4 is 23.7 Å². The number of aryl methyl sites for hydroxylation is 1. The number of ether oxygens (including phenoxy) is 6. The van der Waals surface area contributed by atoms with Crippen molar-refractivity contribution in [1.82, 2.24) is 9.80 Å². The maximum atomic E-state index is 11.0. The van der Waals surface area contributed by atoms with Crippen LogP contribution in [0.1, 0.15) is 45.5 Å². The molecule has 1 N–H and O–H groups in total. The first kappa shape index (κ1) is 27.7. The van der Waals surface area contributed by atoms with Crippen molar-refractivity contribution in [3.8, 4) is 34.8 Å². The fraction of sp³-hybridized carbons (Fsp3) is 0.516. The van der Waals surface area contributed by atoms with Gasteiger partial charge in [-0.05, 0) is 44.9 Å². The summed E-state index contributed by atoms with van der Waals surface area (Å²) >= 11 is 0. The molecule has 1 fully saturated rings. The Morgan fingerprint density at radius 3 is 2.56 bits per heavy atom. The second-order valence-corrected chi connectivity index (χ2v) is 11.1. The van der Waals surface area contributed by atoms with Crippen molar-refractivity contribution >= 4 is 0 Å². The predicted octanol–water partition coefficient (Wildman–Crippen LogP) is 3.35. The highest BCUT2D eigenvalue weighted by molar-refractivity contribution is 5.66. The second-order valence-electron chi connectivity index (χ2n) is 11.1. The number of rotatable bonds is 8. The minimum absolute atomic E-state index is 0.0750. The number of aliphatic hydroxyl groups excluding tert-OH is 1. The Bertz CT molecular complexity index is 1420. The first-order valence-electron chi connectivity index (χ1n) is 13.9. The van der Waals surface area contributed by atoms with E-state index in [0.29, 0.717) is 48.2 Å². The molecular weight excluding hydrogens is 526 g/mol. The van der Waals surface area contributed by atoms with E-state index in [-0.39, 0.29) is 38.3 Å². The van der Waals surface area contributed by atoms with Crippen molar-refractivity contribution in [2.75, 3.05) is 48.1 Å². The number of fused-ring (bicyclic) bond motifs is 9. The summed E-state index contributed by atoms with van der Waals surface area (Å²) in [6, 6.07) is 3.36. The summed E-state index contributed by atoms with van der Waals surface area (Å²) in [5, 5.41) is 21.6. The van der Waals surface area contributed by atoms with E-state index in [1.807, 2.05) is 13.8 Å². The van der Waals surface area contributed by atoms with Crippen LogP contribution in [0.25, 0.3) is 0 Å². The summed E-state index contributed by atoms with van der Waals surface area (Å²) in [7, 11) is 5.32. The quantitative estimate of drug-likeness (QED) is 0.380. The molecule has 0 radical (unpaired) electrons. The molecule has 2 bridgehead atoms. The Morgan fingerprint density at radius 1 is 1.10 bits per heavy atom. The molecule has 1 saturated heterocycles. The van der Waals surface area contributed by atoms with Gasteiger partial charge in [0, 0.05) is 41.4 Å². The third kappa shape index (κ3) is 3.98. The maximum absolute atomic E-state index is 11.0. The van der Waals surface area contributed by atoms with Gasteiger partial charge < -0.3 is 33.5 Å². The zero-order valence-electron chi connectivity index (χ0n) is 24.2. The highest BCUT2D eigenvalue weighted by Crippen LogP contribution is 2.58. The fourth-order valence-electron chi connectivity index (χ4n) is 7.58. The van der Waals surface area contributed by atoms with E-state index < -0.39 is 12.1 Å². The lowest BCUT2D eigenvalue weighted by Crippen LogP contribution is -2.68. The number of benzene rings is 2. The number of aliphatic hydroxyl groups is 1. The van der Waals surface area contributed by atoms with E-state index in [1.54, 1.807) is 20.3 Å². The first-order valence-corrected chi connectivity index (χ1v) is 13.9. The Morgan fingerprint density at radius 2 is 1.88 bits per heavy atom. The van der Waals surface area contributed by atoms with Crippen molar-refractivity contribution in [2.45, 2.75) is 56.9 Å². The zero-order chi connectivity index (χ0) is 29.0. The molecule has 2 aromatic rings. The molecule has 0 aliphatic carbocycles. The zero-order valence-corrected chi connectivity index (χ0v) is 24.2. The Hall–Kier alpha value is -3.49. The molecule has 6 rings (SSSR count). The average molecular weight is 564 g/mol. The number of hydrogen-bond donors (Lipinski definition) is 1. The van der Waals surface area contributed by atoms with Gasteiger partial charge in [0.1, 0.15) is 18.4 Å². The lowest BCUT2D eigenvalue weighted by Gasteiger charge is -2.59. The van der Waals surface area contributed by atoms with Gasteiger partial charge in [0.05, 0.1) is 31.9 Å². The van der Waals surface area contributed by atoms with E-state index in [4.69, 9.17) is 28.4 Å². The van der Waals surface area contributed by atoms with Gasteiger partial charge in [0.25, 0.3) is 0 Å². The summed E-state index contributed by atoms with van der Waals surface area (Å²) < 4.78 is 35.6. The number of hydrogen-bond acceptors (Lipinski definition) is 10. The van der Waals surface area contributed by atoms with Crippen LogP contribution in [0.3, 0.4) is 0 Å². The number of nitrogens with zero attached hydrogens (tertiary/aromatic N) is 3. The van der Waals surface area contributed by atoms with E-state index in [0.717, 1.165) is 33.4 Å². The fourth-order valence-corrected chi connectivity index (χ4v) is 7.58. The number of likely N-dealkylation sites (N-methyl/N-ethyl adjacent to an activating group) is 1. The van der Waals surface area contributed by atoms with Gasteiger partial charge in [-0.3, -0.25) is 9.80 Å². The monoisotopic (exact) mass is 563 g/mol. The third-order valence-electron chi connectivity index (χ3n) is 9.09.